The van der Waals surface area contributed by atoms with E-state index in [1.807, 2.05) is 0 Å². The van der Waals surface area contributed by atoms with Crippen molar-refractivity contribution in [3.63, 3.8) is 0 Å². The first-order chi connectivity index (χ1) is 8.86. The van der Waals surface area contributed by atoms with Crippen molar-refractivity contribution in [3.8, 4) is 0 Å². The van der Waals surface area contributed by atoms with Gasteiger partial charge in [-0.2, -0.15) is 0 Å². The monoisotopic (exact) mass is 266 g/mol. The number of hydrogen-bond acceptors (Lipinski definition) is 4. The lowest BCUT2D eigenvalue weighted by Gasteiger charge is -2.16. The Kier molecular flexibility index (Phi) is 4.86. The van der Waals surface area contributed by atoms with Gasteiger partial charge in [-0.3, -0.25) is 14.4 Å². The maximum Gasteiger partial charge on any atom is 0.325 e. The Morgan fingerprint density at radius 1 is 1.37 bits per heavy atom. The fourth-order valence-electron chi connectivity index (χ4n) is 1.78. The normalized spacial score (nSPS) is 10.1. The van der Waals surface area contributed by atoms with E-state index < -0.39 is 17.4 Å². The van der Waals surface area contributed by atoms with Gasteiger partial charge in [0.2, 0.25) is 0 Å². The van der Waals surface area contributed by atoms with Crippen molar-refractivity contribution in [2.45, 2.75) is 20.8 Å². The Hall–Kier alpha value is -2.11. The van der Waals surface area contributed by atoms with Gasteiger partial charge in [0.1, 0.15) is 12.1 Å². The molecule has 19 heavy (non-hydrogen) atoms. The molecule has 0 unspecified atom stereocenters. The van der Waals surface area contributed by atoms with Crippen LogP contribution in [-0.2, 0) is 9.53 Å². The van der Waals surface area contributed by atoms with Gasteiger partial charge in [0.05, 0.1) is 6.61 Å². The summed E-state index contributed by atoms with van der Waals surface area (Å²) >= 11 is 0. The molecule has 0 saturated carbocycles. The zero-order chi connectivity index (χ0) is 14.6. The Balaban J connectivity index is 2.95. The molecule has 1 amide bonds. The summed E-state index contributed by atoms with van der Waals surface area (Å²) < 4.78 is 4.76. The van der Waals surface area contributed by atoms with Crippen molar-refractivity contribution in [3.05, 3.63) is 33.2 Å². The highest BCUT2D eigenvalue weighted by molar-refractivity contribution is 5.96. The van der Waals surface area contributed by atoms with Gasteiger partial charge in [0.25, 0.3) is 11.5 Å². The zero-order valence-electron chi connectivity index (χ0n) is 11.6. The van der Waals surface area contributed by atoms with Crippen LogP contribution in [0.5, 0.6) is 0 Å². The number of likely N-dealkylation sites (N-methyl/N-ethyl adjacent to an activating group) is 1. The Morgan fingerprint density at radius 2 is 2.00 bits per heavy atom. The maximum absolute atomic E-state index is 12.1. The fraction of sp³-hybridized carbons (Fsp3) is 0.462. The summed E-state index contributed by atoms with van der Waals surface area (Å²) in [5.74, 6) is -0.994. The number of hydrogen-bond donors (Lipinski definition) is 1. The molecule has 0 aliphatic carbocycles. The molecule has 1 heterocycles. The highest BCUT2D eigenvalue weighted by Gasteiger charge is 2.20. The van der Waals surface area contributed by atoms with Crippen molar-refractivity contribution < 1.29 is 14.3 Å². The minimum absolute atomic E-state index is 0.0531. The molecule has 0 fully saturated rings. The van der Waals surface area contributed by atoms with Crippen molar-refractivity contribution in [2.75, 3.05) is 20.2 Å². The largest absolute Gasteiger partial charge is 0.465 e. The average molecular weight is 266 g/mol. The molecule has 6 nitrogen and oxygen atoms in total. The van der Waals surface area contributed by atoms with Gasteiger partial charge in [0.15, 0.2) is 0 Å². The van der Waals surface area contributed by atoms with E-state index in [0.29, 0.717) is 11.3 Å². The molecule has 0 aromatic carbocycles. The molecule has 0 aliphatic rings. The lowest BCUT2D eigenvalue weighted by Crippen LogP contribution is -2.36. The predicted octanol–water partition coefficient (Wildman–Crippen LogP) is 0.627. The molecule has 104 valence electrons. The van der Waals surface area contributed by atoms with Crippen LogP contribution in [0.15, 0.2) is 10.9 Å². The average Bonchev–Trinajstić information content (AvgIpc) is 2.27. The summed E-state index contributed by atoms with van der Waals surface area (Å²) in [6, 6.07) is 1.72. The molecule has 6 heteroatoms. The van der Waals surface area contributed by atoms with Crippen LogP contribution in [0.25, 0.3) is 0 Å². The van der Waals surface area contributed by atoms with Crippen molar-refractivity contribution in [1.29, 1.82) is 0 Å². The van der Waals surface area contributed by atoms with Gasteiger partial charge in [-0.05, 0) is 32.4 Å². The summed E-state index contributed by atoms with van der Waals surface area (Å²) in [6.07, 6.45) is 0. The molecule has 1 rings (SSSR count). The van der Waals surface area contributed by atoms with Crippen LogP contribution in [0.1, 0.15) is 28.5 Å². The van der Waals surface area contributed by atoms with Gasteiger partial charge in [-0.25, -0.2) is 0 Å². The van der Waals surface area contributed by atoms with Crippen LogP contribution in [0.2, 0.25) is 0 Å². The number of H-pyrrole nitrogens is 1. The molecular formula is C13H18N2O4. The molecule has 0 saturated heterocycles. The van der Waals surface area contributed by atoms with E-state index in [-0.39, 0.29) is 18.7 Å². The minimum atomic E-state index is -0.500. The third-order valence-electron chi connectivity index (χ3n) is 2.60. The number of pyridine rings is 1. The minimum Gasteiger partial charge on any atom is -0.465 e. The van der Waals surface area contributed by atoms with Crippen LogP contribution in [0, 0.1) is 13.8 Å². The SMILES string of the molecule is CCOC(=O)CN(C)C(=O)c1c(C)cc(C)[nH]c1=O. The van der Waals surface area contributed by atoms with Gasteiger partial charge in [0, 0.05) is 12.7 Å². The third-order valence-corrected chi connectivity index (χ3v) is 2.60. The Morgan fingerprint density at radius 3 is 2.53 bits per heavy atom. The number of carbonyl (C=O) groups excluding carboxylic acids is 2. The van der Waals surface area contributed by atoms with Crippen molar-refractivity contribution in [1.82, 2.24) is 9.88 Å². The number of aromatic nitrogens is 1. The van der Waals surface area contributed by atoms with E-state index >= 15 is 0 Å². The number of rotatable bonds is 4. The van der Waals surface area contributed by atoms with E-state index in [2.05, 4.69) is 4.98 Å². The quantitative estimate of drug-likeness (QED) is 0.810. The van der Waals surface area contributed by atoms with E-state index in [1.165, 1.54) is 11.9 Å². The molecule has 1 aromatic rings. The summed E-state index contributed by atoms with van der Waals surface area (Å²) in [6.45, 7) is 5.19. The first-order valence-corrected chi connectivity index (χ1v) is 5.98. The first kappa shape index (κ1) is 14.9. The summed E-state index contributed by atoms with van der Waals surface area (Å²) in [7, 11) is 1.46. The van der Waals surface area contributed by atoms with Gasteiger partial charge >= 0.3 is 5.97 Å². The van der Waals surface area contributed by atoms with E-state index in [1.54, 1.807) is 26.8 Å². The topological polar surface area (TPSA) is 79.5 Å². The molecule has 0 atom stereocenters. The Bertz CT molecular complexity index is 548. The summed E-state index contributed by atoms with van der Waals surface area (Å²) in [5.41, 5.74) is 0.879. The molecule has 0 aliphatic heterocycles. The molecular weight excluding hydrogens is 248 g/mol. The fourth-order valence-corrected chi connectivity index (χ4v) is 1.78. The van der Waals surface area contributed by atoms with Crippen LogP contribution in [-0.4, -0.2) is 42.0 Å². The van der Waals surface area contributed by atoms with Crippen molar-refractivity contribution in [2.24, 2.45) is 0 Å². The van der Waals surface area contributed by atoms with Crippen LogP contribution < -0.4 is 5.56 Å². The second kappa shape index (κ2) is 6.17. The highest BCUT2D eigenvalue weighted by atomic mass is 16.5. The number of amides is 1. The first-order valence-electron chi connectivity index (χ1n) is 5.98. The number of carbonyl (C=O) groups is 2. The number of nitrogens with zero attached hydrogens (tertiary/aromatic N) is 1. The number of esters is 1. The van der Waals surface area contributed by atoms with Crippen LogP contribution in [0.3, 0.4) is 0 Å². The van der Waals surface area contributed by atoms with Crippen LogP contribution in [0.4, 0.5) is 0 Å². The number of aryl methyl sites for hydroxylation is 2. The number of ether oxygens (including phenoxy) is 1. The lowest BCUT2D eigenvalue weighted by atomic mass is 10.1. The second-order valence-corrected chi connectivity index (χ2v) is 4.31. The lowest BCUT2D eigenvalue weighted by molar-refractivity contribution is -0.143. The molecule has 1 aromatic heterocycles. The van der Waals surface area contributed by atoms with E-state index in [0.717, 1.165) is 0 Å². The molecule has 0 spiro atoms. The maximum atomic E-state index is 12.1. The van der Waals surface area contributed by atoms with Crippen molar-refractivity contribution >= 4 is 11.9 Å². The molecule has 1 N–H and O–H groups in total. The predicted molar refractivity (Wildman–Crippen MR) is 70.1 cm³/mol. The van der Waals surface area contributed by atoms with Crippen LogP contribution >= 0.6 is 0 Å². The number of aromatic amines is 1. The summed E-state index contributed by atoms with van der Waals surface area (Å²) in [4.78, 5) is 39.0. The Labute approximate surface area is 111 Å². The molecule has 0 bridgehead atoms. The van der Waals surface area contributed by atoms with E-state index in [9.17, 15) is 14.4 Å². The third kappa shape index (κ3) is 3.67. The number of nitrogens with one attached hydrogen (secondary N) is 1. The summed E-state index contributed by atoms with van der Waals surface area (Å²) in [5, 5.41) is 0. The smallest absolute Gasteiger partial charge is 0.325 e. The van der Waals surface area contributed by atoms with Gasteiger partial charge in [-0.1, -0.05) is 0 Å². The highest BCUT2D eigenvalue weighted by Crippen LogP contribution is 2.06. The second-order valence-electron chi connectivity index (χ2n) is 4.31. The standard InChI is InChI=1S/C13H18N2O4/c1-5-19-10(16)7-15(4)13(18)11-8(2)6-9(3)14-12(11)17/h6H,5,7H2,1-4H3,(H,14,17). The van der Waals surface area contributed by atoms with Gasteiger partial charge in [-0.15, -0.1) is 0 Å². The zero-order valence-corrected chi connectivity index (χ0v) is 11.6. The van der Waals surface area contributed by atoms with Gasteiger partial charge < -0.3 is 14.6 Å². The molecule has 0 radical (unpaired) electrons. The van der Waals surface area contributed by atoms with E-state index in [4.69, 9.17) is 4.74 Å².